The molecule has 0 bridgehead atoms. The molecule has 1 aliphatic heterocycles. The Labute approximate surface area is 217 Å². The molecule has 0 N–H and O–H groups in total. The van der Waals surface area contributed by atoms with Crippen molar-refractivity contribution in [2.45, 2.75) is 13.5 Å². The molecule has 0 saturated carbocycles. The fourth-order valence-electron chi connectivity index (χ4n) is 4.67. The number of carbonyl (C=O) groups excluding carboxylic acids is 1. The normalized spacial score (nSPS) is 14.0. The van der Waals surface area contributed by atoms with Crippen LogP contribution in [0.5, 0.6) is 11.5 Å². The summed E-state index contributed by atoms with van der Waals surface area (Å²) >= 11 is 0. The van der Waals surface area contributed by atoms with E-state index in [9.17, 15) is 4.79 Å². The van der Waals surface area contributed by atoms with Crippen molar-refractivity contribution in [2.24, 2.45) is 0 Å². The summed E-state index contributed by atoms with van der Waals surface area (Å²) in [5, 5.41) is 4.87. The molecule has 1 aromatic heterocycles. The first-order valence-corrected chi connectivity index (χ1v) is 12.5. The van der Waals surface area contributed by atoms with Crippen LogP contribution in [-0.2, 0) is 6.54 Å². The van der Waals surface area contributed by atoms with Gasteiger partial charge < -0.3 is 14.4 Å². The SMILES string of the molecule is COc1ccc(-c2cc(C(=O)N3CCN(Cc4ccccc4)CC3)n(-c3ccc(C)cc3)n2)c(OC)c1. The van der Waals surface area contributed by atoms with Gasteiger partial charge in [-0.3, -0.25) is 9.69 Å². The summed E-state index contributed by atoms with van der Waals surface area (Å²) < 4.78 is 12.7. The standard InChI is InChI=1S/C30H32N4O3/c1-22-9-11-24(12-10-22)34-28(20-27(31-34)26-14-13-25(36-2)19-29(26)37-3)30(35)33-17-15-32(16-18-33)21-23-7-5-4-6-8-23/h4-14,19-20H,15-18,21H2,1-3H3. The van der Waals surface area contributed by atoms with Crippen LogP contribution in [0.2, 0.25) is 0 Å². The molecule has 0 radical (unpaired) electrons. The summed E-state index contributed by atoms with van der Waals surface area (Å²) in [6, 6.07) is 26.0. The number of ether oxygens (including phenoxy) is 2. The predicted octanol–water partition coefficient (Wildman–Crippen LogP) is 4.82. The average molecular weight is 497 g/mol. The summed E-state index contributed by atoms with van der Waals surface area (Å²) in [6.45, 7) is 5.95. The van der Waals surface area contributed by atoms with Gasteiger partial charge in [-0.1, -0.05) is 48.0 Å². The van der Waals surface area contributed by atoms with Crippen LogP contribution in [0.25, 0.3) is 16.9 Å². The fraction of sp³-hybridized carbons (Fsp3) is 0.267. The maximum Gasteiger partial charge on any atom is 0.272 e. The molecule has 0 atom stereocenters. The minimum absolute atomic E-state index is 0.0221. The van der Waals surface area contributed by atoms with Crippen LogP contribution in [0.3, 0.4) is 0 Å². The highest BCUT2D eigenvalue weighted by molar-refractivity contribution is 5.94. The molecule has 7 nitrogen and oxygen atoms in total. The molecule has 1 amide bonds. The smallest absolute Gasteiger partial charge is 0.272 e. The van der Waals surface area contributed by atoms with Crippen LogP contribution < -0.4 is 9.47 Å². The Morgan fingerprint density at radius 1 is 0.865 bits per heavy atom. The number of hydrogen-bond acceptors (Lipinski definition) is 5. The van der Waals surface area contributed by atoms with Gasteiger partial charge in [0.1, 0.15) is 17.2 Å². The second kappa shape index (κ2) is 10.9. The molecule has 0 unspecified atom stereocenters. The summed E-state index contributed by atoms with van der Waals surface area (Å²) in [5.74, 6) is 1.32. The van der Waals surface area contributed by atoms with E-state index in [0.29, 0.717) is 36.0 Å². The Balaban J connectivity index is 1.43. The van der Waals surface area contributed by atoms with Gasteiger partial charge >= 0.3 is 0 Å². The number of nitrogens with zero attached hydrogens (tertiary/aromatic N) is 4. The highest BCUT2D eigenvalue weighted by Crippen LogP contribution is 2.34. The van der Waals surface area contributed by atoms with Crippen molar-refractivity contribution < 1.29 is 14.3 Å². The largest absolute Gasteiger partial charge is 0.497 e. The number of carbonyl (C=O) groups is 1. The van der Waals surface area contributed by atoms with Crippen molar-refractivity contribution in [3.05, 3.63) is 95.7 Å². The van der Waals surface area contributed by atoms with E-state index in [1.807, 2.05) is 66.4 Å². The monoisotopic (exact) mass is 496 g/mol. The molecule has 0 spiro atoms. The molecule has 1 aliphatic rings. The molecule has 37 heavy (non-hydrogen) atoms. The van der Waals surface area contributed by atoms with Crippen molar-refractivity contribution in [1.29, 1.82) is 0 Å². The predicted molar refractivity (Wildman–Crippen MR) is 144 cm³/mol. The van der Waals surface area contributed by atoms with Crippen LogP contribution >= 0.6 is 0 Å². The van der Waals surface area contributed by atoms with E-state index in [0.717, 1.165) is 36.4 Å². The van der Waals surface area contributed by atoms with Gasteiger partial charge in [-0.2, -0.15) is 5.10 Å². The minimum Gasteiger partial charge on any atom is -0.497 e. The number of benzene rings is 3. The van der Waals surface area contributed by atoms with E-state index in [-0.39, 0.29) is 5.91 Å². The summed E-state index contributed by atoms with van der Waals surface area (Å²) in [5.41, 5.74) is 5.29. The molecular weight excluding hydrogens is 464 g/mol. The Morgan fingerprint density at radius 3 is 2.27 bits per heavy atom. The summed E-state index contributed by atoms with van der Waals surface area (Å²) in [6.07, 6.45) is 0. The Bertz CT molecular complexity index is 1360. The minimum atomic E-state index is -0.0221. The lowest BCUT2D eigenvalue weighted by atomic mass is 10.1. The van der Waals surface area contributed by atoms with Gasteiger partial charge in [0.15, 0.2) is 0 Å². The van der Waals surface area contributed by atoms with Crippen LogP contribution in [0, 0.1) is 6.92 Å². The van der Waals surface area contributed by atoms with Crippen molar-refractivity contribution in [3.63, 3.8) is 0 Å². The van der Waals surface area contributed by atoms with Crippen molar-refractivity contribution >= 4 is 5.91 Å². The first-order chi connectivity index (χ1) is 18.1. The number of amides is 1. The Kier molecular flexibility index (Phi) is 7.23. The van der Waals surface area contributed by atoms with E-state index < -0.39 is 0 Å². The molecule has 2 heterocycles. The van der Waals surface area contributed by atoms with Gasteiger partial charge in [-0.15, -0.1) is 0 Å². The van der Waals surface area contributed by atoms with E-state index in [1.54, 1.807) is 18.9 Å². The quantitative estimate of drug-likeness (QED) is 0.367. The molecule has 5 rings (SSSR count). The second-order valence-electron chi connectivity index (χ2n) is 9.28. The zero-order chi connectivity index (χ0) is 25.8. The highest BCUT2D eigenvalue weighted by atomic mass is 16.5. The number of rotatable bonds is 7. The lowest BCUT2D eigenvalue weighted by Crippen LogP contribution is -2.48. The Morgan fingerprint density at radius 2 is 1.59 bits per heavy atom. The number of hydrogen-bond donors (Lipinski definition) is 0. The first kappa shape index (κ1) is 24.6. The van der Waals surface area contributed by atoms with Gasteiger partial charge in [-0.25, -0.2) is 4.68 Å². The third-order valence-electron chi connectivity index (χ3n) is 6.80. The fourth-order valence-corrected chi connectivity index (χ4v) is 4.67. The van der Waals surface area contributed by atoms with Crippen molar-refractivity contribution in [1.82, 2.24) is 19.6 Å². The van der Waals surface area contributed by atoms with E-state index in [1.165, 1.54) is 5.56 Å². The van der Waals surface area contributed by atoms with Gasteiger partial charge in [0.25, 0.3) is 5.91 Å². The molecular formula is C30H32N4O3. The molecule has 7 heteroatoms. The zero-order valence-electron chi connectivity index (χ0n) is 21.6. The number of piperazine rings is 1. The van der Waals surface area contributed by atoms with E-state index in [4.69, 9.17) is 14.6 Å². The summed E-state index contributed by atoms with van der Waals surface area (Å²) in [7, 11) is 3.24. The van der Waals surface area contributed by atoms with Crippen LogP contribution in [0.4, 0.5) is 0 Å². The van der Waals surface area contributed by atoms with Gasteiger partial charge in [-0.05, 0) is 42.8 Å². The van der Waals surface area contributed by atoms with Crippen LogP contribution in [0.1, 0.15) is 21.6 Å². The molecule has 4 aromatic rings. The number of aromatic nitrogens is 2. The third kappa shape index (κ3) is 5.37. The maximum atomic E-state index is 13.8. The third-order valence-corrected chi connectivity index (χ3v) is 6.80. The molecule has 190 valence electrons. The van der Waals surface area contributed by atoms with Gasteiger partial charge in [0.2, 0.25) is 0 Å². The topological polar surface area (TPSA) is 59.8 Å². The second-order valence-corrected chi connectivity index (χ2v) is 9.28. The maximum absolute atomic E-state index is 13.8. The number of aryl methyl sites for hydroxylation is 1. The average Bonchev–Trinajstić information content (AvgIpc) is 3.39. The Hall–Kier alpha value is -4.10. The summed E-state index contributed by atoms with van der Waals surface area (Å²) in [4.78, 5) is 18.1. The molecule has 0 aliphatic carbocycles. The zero-order valence-corrected chi connectivity index (χ0v) is 21.6. The van der Waals surface area contributed by atoms with Gasteiger partial charge in [0, 0.05) is 44.4 Å². The van der Waals surface area contributed by atoms with Crippen molar-refractivity contribution in [3.8, 4) is 28.4 Å². The van der Waals surface area contributed by atoms with Crippen molar-refractivity contribution in [2.75, 3.05) is 40.4 Å². The first-order valence-electron chi connectivity index (χ1n) is 12.5. The molecule has 3 aromatic carbocycles. The molecule has 1 saturated heterocycles. The van der Waals surface area contributed by atoms with Crippen LogP contribution in [0.15, 0.2) is 78.9 Å². The highest BCUT2D eigenvalue weighted by Gasteiger charge is 2.27. The van der Waals surface area contributed by atoms with E-state index >= 15 is 0 Å². The lowest BCUT2D eigenvalue weighted by Gasteiger charge is -2.34. The lowest BCUT2D eigenvalue weighted by molar-refractivity contribution is 0.0619. The van der Waals surface area contributed by atoms with Gasteiger partial charge in [0.05, 0.1) is 25.6 Å². The van der Waals surface area contributed by atoms with E-state index in [2.05, 4.69) is 29.2 Å². The van der Waals surface area contributed by atoms with Crippen LogP contribution in [-0.4, -0.2) is 65.9 Å². The number of methoxy groups -OCH3 is 2. The molecule has 1 fully saturated rings.